The van der Waals surface area contributed by atoms with Crippen molar-refractivity contribution < 1.29 is 4.79 Å². The third kappa shape index (κ3) is 3.57. The lowest BCUT2D eigenvalue weighted by Crippen LogP contribution is -2.41. The number of nitrogens with one attached hydrogen (secondary N) is 1. The summed E-state index contributed by atoms with van der Waals surface area (Å²) in [6.07, 6.45) is 1.51. The molecule has 2 aromatic heterocycles. The summed E-state index contributed by atoms with van der Waals surface area (Å²) in [5, 5.41) is 5.77. The van der Waals surface area contributed by atoms with E-state index in [1.54, 1.807) is 15.9 Å². The Balaban J connectivity index is 1.65. The Kier molecular flexibility index (Phi) is 5.40. The molecule has 0 spiro atoms. The van der Waals surface area contributed by atoms with Gasteiger partial charge in [0, 0.05) is 35.0 Å². The van der Waals surface area contributed by atoms with Gasteiger partial charge in [-0.1, -0.05) is 24.8 Å². The van der Waals surface area contributed by atoms with Crippen molar-refractivity contribution in [3.8, 4) is 0 Å². The monoisotopic (exact) mass is 363 g/mol. The van der Waals surface area contributed by atoms with E-state index in [1.807, 2.05) is 25.3 Å². The fourth-order valence-corrected chi connectivity index (χ4v) is 4.70. The van der Waals surface area contributed by atoms with E-state index < -0.39 is 0 Å². The van der Waals surface area contributed by atoms with Crippen molar-refractivity contribution in [2.45, 2.75) is 38.4 Å². The number of aryl methyl sites for hydroxylation is 1. The first-order valence-corrected chi connectivity index (χ1v) is 10.00. The minimum atomic E-state index is -0.183. The Morgan fingerprint density at radius 1 is 1.50 bits per heavy atom. The largest absolute Gasteiger partial charge is 0.355 e. The Morgan fingerprint density at radius 2 is 2.33 bits per heavy atom. The normalized spacial score (nSPS) is 16.7. The summed E-state index contributed by atoms with van der Waals surface area (Å²) in [6.45, 7) is 4.90. The molecule has 0 saturated carbocycles. The predicted octanol–water partition coefficient (Wildman–Crippen LogP) is 2.26. The van der Waals surface area contributed by atoms with Crippen LogP contribution in [0.1, 0.15) is 23.1 Å². The quantitative estimate of drug-likeness (QED) is 0.828. The number of hydrogen-bond donors (Lipinski definition) is 1. The van der Waals surface area contributed by atoms with E-state index >= 15 is 0 Å². The van der Waals surface area contributed by atoms with Gasteiger partial charge in [0.1, 0.15) is 0 Å². The molecule has 0 fully saturated rings. The third-order valence-electron chi connectivity index (χ3n) is 4.23. The standard InChI is InChI=1S/C17H21N3O2S2/c1-3-14-11(2)19-17-20(16(14)22)9-12(10-24-17)15(21)18-7-6-13-5-4-8-23-13/h4-5,8,12H,3,6-7,9-10H2,1-2H3,(H,18,21). The molecule has 7 heteroatoms. The fourth-order valence-electron chi connectivity index (χ4n) is 2.87. The number of nitrogens with zero attached hydrogens (tertiary/aromatic N) is 2. The summed E-state index contributed by atoms with van der Waals surface area (Å²) in [5.41, 5.74) is 1.56. The van der Waals surface area contributed by atoms with Crippen molar-refractivity contribution >= 4 is 29.0 Å². The number of carbonyl (C=O) groups is 1. The van der Waals surface area contributed by atoms with E-state index in [-0.39, 0.29) is 17.4 Å². The Hall–Kier alpha value is -1.60. The number of thioether (sulfide) groups is 1. The average Bonchev–Trinajstić information content (AvgIpc) is 3.08. The molecule has 0 aliphatic carbocycles. The summed E-state index contributed by atoms with van der Waals surface area (Å²) in [4.78, 5) is 30.8. The van der Waals surface area contributed by atoms with Gasteiger partial charge in [-0.15, -0.1) is 11.3 Å². The lowest BCUT2D eigenvalue weighted by molar-refractivity contribution is -0.124. The molecule has 5 nitrogen and oxygen atoms in total. The van der Waals surface area contributed by atoms with Crippen LogP contribution in [0.25, 0.3) is 0 Å². The van der Waals surface area contributed by atoms with Crippen LogP contribution in [-0.2, 0) is 24.2 Å². The Labute approximate surface area is 149 Å². The Bertz CT molecular complexity index is 784. The molecule has 0 radical (unpaired) electrons. The summed E-state index contributed by atoms with van der Waals surface area (Å²) >= 11 is 3.20. The smallest absolute Gasteiger partial charge is 0.257 e. The molecule has 0 aromatic carbocycles. The number of carbonyl (C=O) groups excluding carboxylic acids is 1. The lowest BCUT2D eigenvalue weighted by Gasteiger charge is -2.25. The first-order chi connectivity index (χ1) is 11.6. The number of amides is 1. The molecule has 128 valence electrons. The summed E-state index contributed by atoms with van der Waals surface area (Å²) in [7, 11) is 0. The number of aromatic nitrogens is 2. The van der Waals surface area contributed by atoms with Gasteiger partial charge >= 0.3 is 0 Å². The highest BCUT2D eigenvalue weighted by Gasteiger charge is 2.27. The van der Waals surface area contributed by atoms with Gasteiger partial charge in [-0.3, -0.25) is 14.2 Å². The van der Waals surface area contributed by atoms with E-state index in [4.69, 9.17) is 0 Å². The summed E-state index contributed by atoms with van der Waals surface area (Å²) < 4.78 is 1.67. The minimum absolute atomic E-state index is 0.00332. The second-order valence-corrected chi connectivity index (χ2v) is 7.88. The van der Waals surface area contributed by atoms with Crippen LogP contribution in [0, 0.1) is 12.8 Å². The minimum Gasteiger partial charge on any atom is -0.355 e. The van der Waals surface area contributed by atoms with Crippen LogP contribution in [0.3, 0.4) is 0 Å². The molecule has 3 heterocycles. The number of hydrogen-bond acceptors (Lipinski definition) is 5. The molecule has 0 saturated heterocycles. The van der Waals surface area contributed by atoms with Crippen molar-refractivity contribution in [1.29, 1.82) is 0 Å². The molecule has 1 aliphatic rings. The third-order valence-corrected chi connectivity index (χ3v) is 6.30. The topological polar surface area (TPSA) is 64.0 Å². The molecule has 1 unspecified atom stereocenters. The average molecular weight is 364 g/mol. The van der Waals surface area contributed by atoms with E-state index in [0.29, 0.717) is 25.3 Å². The highest BCUT2D eigenvalue weighted by Crippen LogP contribution is 2.26. The molecule has 1 atom stereocenters. The van der Waals surface area contributed by atoms with Crippen LogP contribution >= 0.6 is 23.1 Å². The van der Waals surface area contributed by atoms with Crippen LogP contribution < -0.4 is 10.9 Å². The van der Waals surface area contributed by atoms with Crippen molar-refractivity contribution in [3.05, 3.63) is 44.0 Å². The zero-order chi connectivity index (χ0) is 17.1. The van der Waals surface area contributed by atoms with Gasteiger partial charge in [0.25, 0.3) is 5.56 Å². The second-order valence-electron chi connectivity index (χ2n) is 5.86. The molecular weight excluding hydrogens is 342 g/mol. The lowest BCUT2D eigenvalue weighted by atomic mass is 10.1. The zero-order valence-corrected chi connectivity index (χ0v) is 15.5. The molecule has 1 aliphatic heterocycles. The van der Waals surface area contributed by atoms with Gasteiger partial charge in [0.15, 0.2) is 5.16 Å². The molecule has 0 bridgehead atoms. The van der Waals surface area contributed by atoms with Crippen molar-refractivity contribution in [1.82, 2.24) is 14.9 Å². The van der Waals surface area contributed by atoms with Crippen LogP contribution in [-0.4, -0.2) is 27.8 Å². The SMILES string of the molecule is CCc1c(C)nc2n(c1=O)CC(C(=O)NCCc1cccs1)CS2. The van der Waals surface area contributed by atoms with E-state index in [1.165, 1.54) is 16.6 Å². The van der Waals surface area contributed by atoms with Gasteiger partial charge < -0.3 is 5.32 Å². The van der Waals surface area contributed by atoms with Gasteiger partial charge in [0.2, 0.25) is 5.91 Å². The Morgan fingerprint density at radius 3 is 3.04 bits per heavy atom. The highest BCUT2D eigenvalue weighted by molar-refractivity contribution is 7.99. The van der Waals surface area contributed by atoms with Gasteiger partial charge in [-0.05, 0) is 31.2 Å². The predicted molar refractivity (Wildman–Crippen MR) is 97.9 cm³/mol. The zero-order valence-electron chi connectivity index (χ0n) is 13.9. The van der Waals surface area contributed by atoms with Gasteiger partial charge in [-0.2, -0.15) is 0 Å². The molecule has 3 rings (SSSR count). The molecular formula is C17H21N3O2S2. The maximum atomic E-state index is 12.6. The fraction of sp³-hybridized carbons (Fsp3) is 0.471. The molecule has 24 heavy (non-hydrogen) atoms. The van der Waals surface area contributed by atoms with E-state index in [9.17, 15) is 9.59 Å². The van der Waals surface area contributed by atoms with Crippen LogP contribution in [0.15, 0.2) is 27.5 Å². The van der Waals surface area contributed by atoms with Crippen molar-refractivity contribution in [2.24, 2.45) is 5.92 Å². The number of thiophene rings is 1. The molecule has 1 amide bonds. The van der Waals surface area contributed by atoms with E-state index in [2.05, 4.69) is 16.4 Å². The number of fused-ring (bicyclic) bond motifs is 1. The maximum absolute atomic E-state index is 12.6. The van der Waals surface area contributed by atoms with E-state index in [0.717, 1.165) is 22.8 Å². The first-order valence-electron chi connectivity index (χ1n) is 8.13. The van der Waals surface area contributed by atoms with Gasteiger partial charge in [-0.25, -0.2) is 4.98 Å². The van der Waals surface area contributed by atoms with Crippen molar-refractivity contribution in [2.75, 3.05) is 12.3 Å². The van der Waals surface area contributed by atoms with Gasteiger partial charge in [0.05, 0.1) is 5.92 Å². The van der Waals surface area contributed by atoms with Crippen LogP contribution in [0.5, 0.6) is 0 Å². The summed E-state index contributed by atoms with van der Waals surface area (Å²) in [5.74, 6) is 0.510. The molecule has 2 aromatic rings. The highest BCUT2D eigenvalue weighted by atomic mass is 32.2. The maximum Gasteiger partial charge on any atom is 0.257 e. The number of rotatable bonds is 5. The molecule has 1 N–H and O–H groups in total. The van der Waals surface area contributed by atoms with Crippen molar-refractivity contribution in [3.63, 3.8) is 0 Å². The first kappa shape index (κ1) is 17.2. The summed E-state index contributed by atoms with van der Waals surface area (Å²) in [6, 6.07) is 4.09. The van der Waals surface area contributed by atoms with Crippen LogP contribution in [0.2, 0.25) is 0 Å². The van der Waals surface area contributed by atoms with Crippen LogP contribution in [0.4, 0.5) is 0 Å². The second kappa shape index (κ2) is 7.53.